The number of hydrogen-bond acceptors (Lipinski definition) is 4. The first-order valence-corrected chi connectivity index (χ1v) is 2.70. The van der Waals surface area contributed by atoms with Crippen molar-refractivity contribution in [3.63, 3.8) is 0 Å². The van der Waals surface area contributed by atoms with Gasteiger partial charge in [0.05, 0.1) is 5.71 Å². The molecule has 0 aliphatic carbocycles. The van der Waals surface area contributed by atoms with Crippen LogP contribution >= 0.6 is 0 Å². The molecule has 0 aromatic heterocycles. The summed E-state index contributed by atoms with van der Waals surface area (Å²) in [7, 11) is 1.48. The first-order chi connectivity index (χ1) is 4.66. The Balaban J connectivity index is 0.000001000. The maximum Gasteiger partial charge on any atom is 1.00 e. The zero-order valence-corrected chi connectivity index (χ0v) is 8.66. The molecule has 6 heteroatoms. The van der Waals surface area contributed by atoms with Crippen LogP contribution in [0.3, 0.4) is 0 Å². The van der Waals surface area contributed by atoms with Gasteiger partial charge in [-0.2, -0.15) is 5.10 Å². The van der Waals surface area contributed by atoms with E-state index in [-0.39, 0.29) is 35.3 Å². The van der Waals surface area contributed by atoms with Gasteiger partial charge in [0.2, 0.25) is 0 Å². The van der Waals surface area contributed by atoms with Gasteiger partial charge in [0.25, 0.3) is 5.91 Å². The standard InChI is InChI=1S/C5H7N3O2.Na/c1-3-4(7-10)5(9)8(2)6-3;/h10H,1-2H3;/q;+1/p-1/b7-4+;. The molecule has 0 saturated heterocycles. The van der Waals surface area contributed by atoms with E-state index in [1.165, 1.54) is 7.05 Å². The fraction of sp³-hybridized carbons (Fsp3) is 0.400. The van der Waals surface area contributed by atoms with Crippen molar-refractivity contribution in [2.45, 2.75) is 6.92 Å². The summed E-state index contributed by atoms with van der Waals surface area (Å²) in [5.41, 5.74) is 0.282. The second-order valence-electron chi connectivity index (χ2n) is 1.95. The molecule has 1 aliphatic rings. The van der Waals surface area contributed by atoms with E-state index in [0.717, 1.165) is 5.01 Å². The average Bonchev–Trinajstić information content (AvgIpc) is 2.09. The van der Waals surface area contributed by atoms with Crippen LogP contribution < -0.4 is 29.6 Å². The van der Waals surface area contributed by atoms with E-state index in [2.05, 4.69) is 10.3 Å². The van der Waals surface area contributed by atoms with Crippen LogP contribution in [-0.2, 0) is 4.79 Å². The molecule has 0 atom stereocenters. The number of carbonyl (C=O) groups is 1. The molecule has 0 fully saturated rings. The Morgan fingerprint density at radius 1 is 1.64 bits per heavy atom. The van der Waals surface area contributed by atoms with Gasteiger partial charge in [0.1, 0.15) is 5.71 Å². The summed E-state index contributed by atoms with van der Waals surface area (Å²) in [4.78, 5) is 10.8. The van der Waals surface area contributed by atoms with E-state index in [4.69, 9.17) is 0 Å². The molecule has 1 rings (SSSR count). The second-order valence-corrected chi connectivity index (χ2v) is 1.95. The van der Waals surface area contributed by atoms with Crippen LogP contribution in [0.25, 0.3) is 0 Å². The van der Waals surface area contributed by atoms with Crippen molar-refractivity contribution >= 4 is 17.3 Å². The largest absolute Gasteiger partial charge is 1.00 e. The molecule has 0 unspecified atom stereocenters. The Morgan fingerprint density at radius 3 is 2.36 bits per heavy atom. The molecule has 54 valence electrons. The maximum atomic E-state index is 10.8. The fourth-order valence-electron chi connectivity index (χ4n) is 0.731. The van der Waals surface area contributed by atoms with Gasteiger partial charge in [-0.1, -0.05) is 0 Å². The topological polar surface area (TPSA) is 68.1 Å². The Bertz CT molecular complexity index is 236. The summed E-state index contributed by atoms with van der Waals surface area (Å²) in [6.45, 7) is 1.57. The molecule has 0 aromatic rings. The molecule has 5 nitrogen and oxygen atoms in total. The van der Waals surface area contributed by atoms with E-state index in [0.29, 0.717) is 5.71 Å². The van der Waals surface area contributed by atoms with Gasteiger partial charge in [0.15, 0.2) is 0 Å². The van der Waals surface area contributed by atoms with Crippen LogP contribution in [0.4, 0.5) is 0 Å². The normalized spacial score (nSPS) is 20.2. The summed E-state index contributed by atoms with van der Waals surface area (Å²) in [5.74, 6) is -0.437. The van der Waals surface area contributed by atoms with Gasteiger partial charge in [-0.15, -0.1) is 0 Å². The van der Waals surface area contributed by atoms with E-state index >= 15 is 0 Å². The summed E-state index contributed by atoms with van der Waals surface area (Å²) >= 11 is 0. The van der Waals surface area contributed by atoms with Gasteiger partial charge in [-0.3, -0.25) is 4.79 Å². The Morgan fingerprint density at radius 2 is 2.18 bits per heavy atom. The van der Waals surface area contributed by atoms with Crippen molar-refractivity contribution in [3.8, 4) is 0 Å². The SMILES string of the molecule is CC1=NN(C)C(=O)/C1=N/[O-].[Na+]. The molecule has 11 heavy (non-hydrogen) atoms. The third-order valence-electron chi connectivity index (χ3n) is 1.23. The van der Waals surface area contributed by atoms with E-state index in [1.807, 2.05) is 0 Å². The van der Waals surface area contributed by atoms with Crippen LogP contribution in [0.15, 0.2) is 10.3 Å². The number of amides is 1. The van der Waals surface area contributed by atoms with Gasteiger partial charge in [-0.05, 0) is 6.92 Å². The number of hydrogen-bond donors (Lipinski definition) is 0. The van der Waals surface area contributed by atoms with Crippen LogP contribution in [0, 0.1) is 5.21 Å². The van der Waals surface area contributed by atoms with Gasteiger partial charge < -0.3 is 10.4 Å². The van der Waals surface area contributed by atoms with Gasteiger partial charge in [0, 0.05) is 7.05 Å². The van der Waals surface area contributed by atoms with Crippen molar-refractivity contribution < 1.29 is 34.4 Å². The molecule has 0 spiro atoms. The molecule has 1 amide bonds. The van der Waals surface area contributed by atoms with Crippen LogP contribution in [0.1, 0.15) is 6.92 Å². The van der Waals surface area contributed by atoms with E-state index in [1.54, 1.807) is 6.92 Å². The summed E-state index contributed by atoms with van der Waals surface area (Å²) in [5, 5.41) is 17.3. The van der Waals surface area contributed by atoms with Crippen LogP contribution in [0.2, 0.25) is 0 Å². The molecule has 0 N–H and O–H groups in total. The molecular formula is C5H6N3NaO2. The second kappa shape index (κ2) is 3.85. The smallest absolute Gasteiger partial charge is 0.791 e. The van der Waals surface area contributed by atoms with Gasteiger partial charge in [-0.25, -0.2) is 5.01 Å². The summed E-state index contributed by atoms with van der Waals surface area (Å²) in [6, 6.07) is 0. The minimum Gasteiger partial charge on any atom is -0.791 e. The predicted molar refractivity (Wildman–Crippen MR) is 36.7 cm³/mol. The predicted octanol–water partition coefficient (Wildman–Crippen LogP) is -3.22. The van der Waals surface area contributed by atoms with Crippen molar-refractivity contribution in [2.24, 2.45) is 10.3 Å². The monoisotopic (exact) mass is 163 g/mol. The molecule has 0 saturated carbocycles. The van der Waals surface area contributed by atoms with Crippen molar-refractivity contribution in [3.05, 3.63) is 5.21 Å². The van der Waals surface area contributed by atoms with E-state index < -0.39 is 5.91 Å². The van der Waals surface area contributed by atoms with Crippen LogP contribution in [-0.4, -0.2) is 29.4 Å². The number of rotatable bonds is 0. The first-order valence-electron chi connectivity index (χ1n) is 2.70. The molecule has 0 radical (unpaired) electrons. The molecule has 1 aliphatic heterocycles. The third kappa shape index (κ3) is 1.79. The molecular weight excluding hydrogens is 157 g/mol. The van der Waals surface area contributed by atoms with Crippen molar-refractivity contribution in [2.75, 3.05) is 7.05 Å². The summed E-state index contributed by atoms with van der Waals surface area (Å²) < 4.78 is 0. The molecule has 0 aromatic carbocycles. The number of nitrogens with zero attached hydrogens (tertiary/aromatic N) is 3. The first kappa shape index (κ1) is 10.6. The Labute approximate surface area is 86.0 Å². The van der Waals surface area contributed by atoms with Crippen molar-refractivity contribution in [1.29, 1.82) is 0 Å². The quantitative estimate of drug-likeness (QED) is 0.278. The summed E-state index contributed by atoms with van der Waals surface area (Å²) in [6.07, 6.45) is 0. The number of hydrazone groups is 1. The van der Waals surface area contributed by atoms with Gasteiger partial charge >= 0.3 is 29.6 Å². The molecule has 1 heterocycles. The minimum atomic E-state index is -0.437. The zero-order chi connectivity index (χ0) is 7.72. The Hall–Kier alpha value is -0.390. The van der Waals surface area contributed by atoms with Crippen LogP contribution in [0.5, 0.6) is 0 Å². The van der Waals surface area contributed by atoms with Crippen molar-refractivity contribution in [1.82, 2.24) is 5.01 Å². The zero-order valence-electron chi connectivity index (χ0n) is 6.66. The Kier molecular flexibility index (Phi) is 3.71. The maximum absolute atomic E-state index is 10.8. The fourth-order valence-corrected chi connectivity index (χ4v) is 0.731. The number of carbonyl (C=O) groups excluding carboxylic acids is 1. The van der Waals surface area contributed by atoms with E-state index in [9.17, 15) is 10.0 Å². The average molecular weight is 163 g/mol. The minimum absolute atomic E-state index is 0. The third-order valence-corrected chi connectivity index (χ3v) is 1.23. The molecule has 0 bridgehead atoms.